The van der Waals surface area contributed by atoms with Crippen molar-refractivity contribution in [2.75, 3.05) is 18.5 Å². The van der Waals surface area contributed by atoms with Gasteiger partial charge < -0.3 is 10.1 Å². The lowest BCUT2D eigenvalue weighted by molar-refractivity contribution is -0.118. The lowest BCUT2D eigenvalue weighted by Gasteiger charge is -2.11. The van der Waals surface area contributed by atoms with Crippen LogP contribution in [0.2, 0.25) is 0 Å². The molecular formula is C21H22N4O4S. The van der Waals surface area contributed by atoms with E-state index in [1.54, 1.807) is 24.3 Å². The van der Waals surface area contributed by atoms with Crippen LogP contribution in [0.1, 0.15) is 31.2 Å². The van der Waals surface area contributed by atoms with Crippen LogP contribution in [-0.2, 0) is 14.8 Å². The SMILES string of the molecule is N#Cc1ccc(OCC(=O)Nc2ccc(S(=O)(=O)NC3=NCCCCC3)cc2)cc1. The molecule has 0 radical (unpaired) electrons. The number of sulfonamides is 1. The van der Waals surface area contributed by atoms with E-state index >= 15 is 0 Å². The molecule has 0 aromatic heterocycles. The summed E-state index contributed by atoms with van der Waals surface area (Å²) in [6.07, 6.45) is 3.54. The number of hydrogen-bond donors (Lipinski definition) is 2. The predicted molar refractivity (Wildman–Crippen MR) is 113 cm³/mol. The number of aliphatic imine (C=N–C) groups is 1. The van der Waals surface area contributed by atoms with Gasteiger partial charge in [-0.25, -0.2) is 8.42 Å². The van der Waals surface area contributed by atoms with E-state index in [4.69, 9.17) is 10.00 Å². The van der Waals surface area contributed by atoms with E-state index in [9.17, 15) is 13.2 Å². The molecule has 0 atom stereocenters. The minimum absolute atomic E-state index is 0.0984. The highest BCUT2D eigenvalue weighted by Crippen LogP contribution is 2.16. The Labute approximate surface area is 175 Å². The Morgan fingerprint density at radius 3 is 2.50 bits per heavy atom. The van der Waals surface area contributed by atoms with Gasteiger partial charge in [-0.3, -0.25) is 14.5 Å². The molecule has 0 aliphatic carbocycles. The van der Waals surface area contributed by atoms with Crippen molar-refractivity contribution in [3.05, 3.63) is 54.1 Å². The zero-order valence-corrected chi connectivity index (χ0v) is 17.1. The third-order valence-corrected chi connectivity index (χ3v) is 5.83. The predicted octanol–water partition coefficient (Wildman–Crippen LogP) is 2.83. The summed E-state index contributed by atoms with van der Waals surface area (Å²) >= 11 is 0. The van der Waals surface area contributed by atoms with Crippen molar-refractivity contribution < 1.29 is 17.9 Å². The van der Waals surface area contributed by atoms with Crippen molar-refractivity contribution >= 4 is 27.5 Å². The van der Waals surface area contributed by atoms with E-state index < -0.39 is 10.0 Å². The molecule has 8 nitrogen and oxygen atoms in total. The fraction of sp³-hybridized carbons (Fsp3) is 0.286. The van der Waals surface area contributed by atoms with E-state index in [0.29, 0.717) is 35.8 Å². The molecule has 9 heteroatoms. The van der Waals surface area contributed by atoms with Crippen LogP contribution >= 0.6 is 0 Å². The first-order valence-corrected chi connectivity index (χ1v) is 11.0. The van der Waals surface area contributed by atoms with Crippen LogP contribution in [-0.4, -0.2) is 33.3 Å². The van der Waals surface area contributed by atoms with Crippen LogP contribution in [0.4, 0.5) is 5.69 Å². The van der Waals surface area contributed by atoms with Crippen LogP contribution in [0.3, 0.4) is 0 Å². The summed E-state index contributed by atoms with van der Waals surface area (Å²) in [5.74, 6) is 0.573. The summed E-state index contributed by atoms with van der Waals surface area (Å²) in [5, 5.41) is 11.4. The lowest BCUT2D eigenvalue weighted by atomic mass is 10.2. The summed E-state index contributed by atoms with van der Waals surface area (Å²) in [4.78, 5) is 16.4. The number of anilines is 1. The summed E-state index contributed by atoms with van der Waals surface area (Å²) in [7, 11) is -3.71. The number of nitrogens with one attached hydrogen (secondary N) is 2. The molecule has 156 valence electrons. The van der Waals surface area contributed by atoms with Gasteiger partial charge in [0.25, 0.3) is 15.9 Å². The average molecular weight is 426 g/mol. The van der Waals surface area contributed by atoms with Crippen molar-refractivity contribution in [2.24, 2.45) is 4.99 Å². The second-order valence-electron chi connectivity index (χ2n) is 6.74. The summed E-state index contributed by atoms with van der Waals surface area (Å²) in [6.45, 7) is 0.417. The zero-order chi connectivity index (χ0) is 21.4. The largest absolute Gasteiger partial charge is 0.484 e. The molecule has 1 aliphatic heterocycles. The highest BCUT2D eigenvalue weighted by Gasteiger charge is 2.17. The van der Waals surface area contributed by atoms with E-state index in [2.05, 4.69) is 15.0 Å². The summed E-state index contributed by atoms with van der Waals surface area (Å²) in [5.41, 5.74) is 0.955. The minimum atomic E-state index is -3.71. The Morgan fingerprint density at radius 1 is 1.07 bits per heavy atom. The fourth-order valence-corrected chi connectivity index (χ4v) is 3.95. The first kappa shape index (κ1) is 21.3. The van der Waals surface area contributed by atoms with Crippen molar-refractivity contribution in [3.8, 4) is 11.8 Å². The molecule has 0 fully saturated rings. The smallest absolute Gasteiger partial charge is 0.262 e. The molecule has 0 unspecified atom stereocenters. The first-order valence-electron chi connectivity index (χ1n) is 9.55. The first-order chi connectivity index (χ1) is 14.5. The molecule has 3 rings (SSSR count). The number of ether oxygens (including phenoxy) is 1. The highest BCUT2D eigenvalue weighted by molar-refractivity contribution is 7.90. The molecule has 1 heterocycles. The molecule has 0 bridgehead atoms. The van der Waals surface area contributed by atoms with Gasteiger partial charge in [0.15, 0.2) is 6.61 Å². The van der Waals surface area contributed by atoms with E-state index in [0.717, 1.165) is 19.3 Å². The molecule has 2 aromatic rings. The van der Waals surface area contributed by atoms with Gasteiger partial charge in [0, 0.05) is 18.7 Å². The molecule has 1 aliphatic rings. The molecular weight excluding hydrogens is 404 g/mol. The number of amides is 1. The number of rotatable bonds is 6. The van der Waals surface area contributed by atoms with Gasteiger partial charge in [0.2, 0.25) is 0 Å². The van der Waals surface area contributed by atoms with Gasteiger partial charge in [-0.2, -0.15) is 5.26 Å². The second kappa shape index (κ2) is 9.89. The molecule has 2 N–H and O–H groups in total. The zero-order valence-electron chi connectivity index (χ0n) is 16.3. The highest BCUT2D eigenvalue weighted by atomic mass is 32.2. The fourth-order valence-electron chi connectivity index (χ4n) is 2.86. The number of nitrogens with zero attached hydrogens (tertiary/aromatic N) is 2. The van der Waals surface area contributed by atoms with Crippen molar-refractivity contribution in [1.29, 1.82) is 5.26 Å². The number of benzene rings is 2. The quantitative estimate of drug-likeness (QED) is 0.736. The normalized spacial score (nSPS) is 14.0. The van der Waals surface area contributed by atoms with Crippen molar-refractivity contribution in [1.82, 2.24) is 4.72 Å². The Morgan fingerprint density at radius 2 is 1.80 bits per heavy atom. The van der Waals surface area contributed by atoms with Crippen LogP contribution < -0.4 is 14.8 Å². The van der Waals surface area contributed by atoms with E-state index in [-0.39, 0.29) is 17.4 Å². The van der Waals surface area contributed by atoms with Crippen LogP contribution in [0, 0.1) is 11.3 Å². The third-order valence-electron chi connectivity index (χ3n) is 4.43. The molecule has 30 heavy (non-hydrogen) atoms. The van der Waals surface area contributed by atoms with Gasteiger partial charge in [0.1, 0.15) is 11.6 Å². The molecule has 0 spiro atoms. The standard InChI is InChI=1S/C21H22N4O4S/c22-14-16-5-9-18(10-6-16)29-15-21(26)24-17-7-11-19(12-8-17)30(27,28)25-20-4-2-1-3-13-23-20/h5-12H,1-4,13,15H2,(H,23,25)(H,24,26). The Bertz CT molecular complexity index is 1060. The molecule has 0 saturated carbocycles. The Balaban J connectivity index is 1.54. The van der Waals surface area contributed by atoms with Gasteiger partial charge in [-0.1, -0.05) is 6.42 Å². The number of nitriles is 1. The molecule has 2 aromatic carbocycles. The van der Waals surface area contributed by atoms with Crippen LogP contribution in [0.15, 0.2) is 58.4 Å². The van der Waals surface area contributed by atoms with Gasteiger partial charge in [0.05, 0.1) is 16.5 Å². The number of carbonyl (C=O) groups is 1. The number of carbonyl (C=O) groups excluding carboxylic acids is 1. The summed E-state index contributed by atoms with van der Waals surface area (Å²) in [6, 6.07) is 14.3. The van der Waals surface area contributed by atoms with Gasteiger partial charge in [-0.15, -0.1) is 0 Å². The van der Waals surface area contributed by atoms with Gasteiger partial charge in [-0.05, 0) is 61.4 Å². The topological polar surface area (TPSA) is 121 Å². The van der Waals surface area contributed by atoms with E-state index in [1.807, 2.05) is 6.07 Å². The van der Waals surface area contributed by atoms with Crippen LogP contribution in [0.25, 0.3) is 0 Å². The maximum atomic E-state index is 12.5. The Kier molecular flexibility index (Phi) is 7.03. The maximum absolute atomic E-state index is 12.5. The number of hydrogen-bond acceptors (Lipinski definition) is 6. The minimum Gasteiger partial charge on any atom is -0.484 e. The second-order valence-corrected chi connectivity index (χ2v) is 8.42. The molecule has 1 amide bonds. The maximum Gasteiger partial charge on any atom is 0.262 e. The number of amidine groups is 1. The van der Waals surface area contributed by atoms with Crippen molar-refractivity contribution in [2.45, 2.75) is 30.6 Å². The average Bonchev–Trinajstić information content (AvgIpc) is 3.01. The monoisotopic (exact) mass is 426 g/mol. The molecule has 0 saturated heterocycles. The third kappa shape index (κ3) is 6.06. The van der Waals surface area contributed by atoms with E-state index in [1.165, 1.54) is 24.3 Å². The lowest BCUT2D eigenvalue weighted by Crippen LogP contribution is -2.30. The summed E-state index contributed by atoms with van der Waals surface area (Å²) < 4.78 is 33.0. The van der Waals surface area contributed by atoms with Gasteiger partial charge >= 0.3 is 0 Å². The Hall–Kier alpha value is -3.38. The van der Waals surface area contributed by atoms with Crippen LogP contribution in [0.5, 0.6) is 5.75 Å². The van der Waals surface area contributed by atoms with Crippen molar-refractivity contribution in [3.63, 3.8) is 0 Å².